The first kappa shape index (κ1) is 27.8. The van der Waals surface area contributed by atoms with E-state index in [9.17, 15) is 0 Å². The molecule has 2 aromatic carbocycles. The normalized spacial score (nSPS) is 32.6. The highest BCUT2D eigenvalue weighted by atomic mass is 15.2. The maximum absolute atomic E-state index is 4.17. The van der Waals surface area contributed by atoms with Gasteiger partial charge >= 0.3 is 0 Å². The van der Waals surface area contributed by atoms with Crippen molar-refractivity contribution in [2.24, 2.45) is 0 Å². The maximum atomic E-state index is 4.17. The number of hydrogen-bond donors (Lipinski definition) is 2. The zero-order chi connectivity index (χ0) is 26.2. The second-order valence-corrected chi connectivity index (χ2v) is 12.5. The van der Waals surface area contributed by atoms with Crippen LogP contribution >= 0.6 is 0 Å². The van der Waals surface area contributed by atoms with Gasteiger partial charge in [-0.05, 0) is 63.5 Å². The van der Waals surface area contributed by atoms with Crippen molar-refractivity contribution in [3.05, 3.63) is 71.8 Å². The molecule has 1 heterocycles. The fourth-order valence-electron chi connectivity index (χ4n) is 7.46. The summed E-state index contributed by atoms with van der Waals surface area (Å²) in [5.41, 5.74) is 2.91. The lowest BCUT2D eigenvalue weighted by molar-refractivity contribution is 0.0810. The molecule has 0 bridgehead atoms. The molecular formula is C34H52N4. The summed E-state index contributed by atoms with van der Waals surface area (Å²) in [7, 11) is 0. The molecule has 2 aliphatic carbocycles. The molecular weight excluding hydrogens is 464 g/mol. The van der Waals surface area contributed by atoms with Crippen LogP contribution in [0.4, 0.5) is 0 Å². The van der Waals surface area contributed by atoms with Gasteiger partial charge in [0, 0.05) is 62.4 Å². The Balaban J connectivity index is 1.37. The number of rotatable bonds is 4. The molecule has 2 aromatic rings. The van der Waals surface area contributed by atoms with Gasteiger partial charge < -0.3 is 10.6 Å². The van der Waals surface area contributed by atoms with Crippen molar-refractivity contribution in [1.29, 1.82) is 0 Å². The van der Waals surface area contributed by atoms with Crippen LogP contribution in [0.2, 0.25) is 0 Å². The minimum absolute atomic E-state index is 0.536. The zero-order valence-electron chi connectivity index (χ0n) is 24.0. The summed E-state index contributed by atoms with van der Waals surface area (Å²) in [5.74, 6) is 0. The maximum Gasteiger partial charge on any atom is 0.0252 e. The van der Waals surface area contributed by atoms with Crippen LogP contribution in [0.5, 0.6) is 0 Å². The molecule has 2 saturated carbocycles. The number of nitrogens with zero attached hydrogens (tertiary/aromatic N) is 2. The summed E-state index contributed by atoms with van der Waals surface area (Å²) >= 11 is 0. The molecule has 0 aromatic heterocycles. The first-order valence-corrected chi connectivity index (χ1v) is 15.7. The Morgan fingerprint density at radius 1 is 0.553 bits per heavy atom. The summed E-state index contributed by atoms with van der Waals surface area (Å²) < 4.78 is 0. The van der Waals surface area contributed by atoms with Gasteiger partial charge in [-0.15, -0.1) is 0 Å². The Bertz CT molecular complexity index is 857. The summed E-state index contributed by atoms with van der Waals surface area (Å²) in [4.78, 5) is 5.67. The van der Waals surface area contributed by atoms with Crippen molar-refractivity contribution < 1.29 is 0 Å². The van der Waals surface area contributed by atoms with Gasteiger partial charge in [0.1, 0.15) is 0 Å². The second kappa shape index (κ2) is 14.1. The molecule has 38 heavy (non-hydrogen) atoms. The molecule has 2 N–H and O–H groups in total. The van der Waals surface area contributed by atoms with Crippen molar-refractivity contribution >= 4 is 0 Å². The van der Waals surface area contributed by atoms with Crippen molar-refractivity contribution in [2.45, 2.75) is 127 Å². The number of benzene rings is 2. The van der Waals surface area contributed by atoms with E-state index in [4.69, 9.17) is 0 Å². The van der Waals surface area contributed by atoms with Crippen LogP contribution in [0, 0.1) is 0 Å². The lowest BCUT2D eigenvalue weighted by Crippen LogP contribution is -2.57. The second-order valence-electron chi connectivity index (χ2n) is 12.5. The van der Waals surface area contributed by atoms with Gasteiger partial charge in [-0.2, -0.15) is 0 Å². The first-order chi connectivity index (χ1) is 18.7. The fraction of sp³-hybridized carbons (Fsp3) is 0.647. The van der Waals surface area contributed by atoms with Crippen LogP contribution in [0.1, 0.15) is 89.2 Å². The minimum Gasteiger partial charge on any atom is -0.310 e. The average molecular weight is 517 g/mol. The molecule has 3 aliphatic rings. The van der Waals surface area contributed by atoms with E-state index < -0.39 is 0 Å². The predicted molar refractivity (Wildman–Crippen MR) is 160 cm³/mol. The number of nitrogens with one attached hydrogen (secondary N) is 2. The molecule has 4 nitrogen and oxygen atoms in total. The number of hydrogen-bond acceptors (Lipinski definition) is 4. The summed E-state index contributed by atoms with van der Waals surface area (Å²) in [5, 5.41) is 8.34. The fourth-order valence-corrected chi connectivity index (χ4v) is 7.46. The third-order valence-electron chi connectivity index (χ3n) is 9.55. The molecule has 0 unspecified atom stereocenters. The monoisotopic (exact) mass is 516 g/mol. The molecule has 0 amide bonds. The summed E-state index contributed by atoms with van der Waals surface area (Å²) in [6, 6.07) is 25.9. The standard InChI is InChI=1S/C34H52N4/c1-27-21-23-37(25-29-13-5-3-6-14-29)34-20-12-10-18-32(34)36-28(2)22-24-38(26-30-15-7-4-8-16-30)33-19-11-9-17-31(33)35-27/h3-8,13-16,27-28,31-36H,9-12,17-26H2,1-2H3/t27-,28+,31-,32+,33-,34+. The van der Waals surface area contributed by atoms with Crippen LogP contribution in [-0.4, -0.2) is 59.1 Å². The van der Waals surface area contributed by atoms with Crippen molar-refractivity contribution in [3.8, 4) is 0 Å². The lowest BCUT2D eigenvalue weighted by Gasteiger charge is -2.45. The largest absolute Gasteiger partial charge is 0.310 e. The van der Waals surface area contributed by atoms with Gasteiger partial charge in [-0.25, -0.2) is 0 Å². The van der Waals surface area contributed by atoms with E-state index in [1.54, 1.807) is 0 Å². The third-order valence-corrected chi connectivity index (χ3v) is 9.55. The molecule has 5 rings (SSSR count). The Hall–Kier alpha value is -1.72. The van der Waals surface area contributed by atoms with Gasteiger partial charge in [0.25, 0.3) is 0 Å². The predicted octanol–water partition coefficient (Wildman–Crippen LogP) is 6.36. The van der Waals surface area contributed by atoms with E-state index in [-0.39, 0.29) is 0 Å². The van der Waals surface area contributed by atoms with Crippen LogP contribution in [0.15, 0.2) is 60.7 Å². The molecule has 0 radical (unpaired) electrons. The minimum atomic E-state index is 0.536. The Labute approximate surface area is 232 Å². The van der Waals surface area contributed by atoms with Crippen LogP contribution in [0.25, 0.3) is 0 Å². The van der Waals surface area contributed by atoms with Gasteiger partial charge in [0.2, 0.25) is 0 Å². The highest BCUT2D eigenvalue weighted by Gasteiger charge is 2.34. The summed E-state index contributed by atoms with van der Waals surface area (Å²) in [6.45, 7) is 9.37. The van der Waals surface area contributed by atoms with Crippen molar-refractivity contribution in [2.75, 3.05) is 13.1 Å². The molecule has 6 atom stereocenters. The average Bonchev–Trinajstić information content (AvgIpc) is 2.95. The Morgan fingerprint density at radius 2 is 0.947 bits per heavy atom. The van der Waals surface area contributed by atoms with Gasteiger partial charge in [-0.3, -0.25) is 9.80 Å². The number of fused-ring (bicyclic) bond motifs is 2. The van der Waals surface area contributed by atoms with E-state index in [0.29, 0.717) is 36.3 Å². The van der Waals surface area contributed by atoms with Crippen LogP contribution in [-0.2, 0) is 13.1 Å². The molecule has 1 aliphatic heterocycles. The quantitative estimate of drug-likeness (QED) is 0.495. The lowest BCUT2D eigenvalue weighted by atomic mass is 9.86. The highest BCUT2D eigenvalue weighted by Crippen LogP contribution is 2.29. The summed E-state index contributed by atoms with van der Waals surface area (Å²) in [6.07, 6.45) is 13.2. The smallest absolute Gasteiger partial charge is 0.0252 e. The first-order valence-electron chi connectivity index (χ1n) is 15.7. The molecule has 3 fully saturated rings. The SMILES string of the molecule is C[C@@H]1CCN(Cc2ccccc2)[C@H]2CCCC[C@@H]2N[C@@H](C)CCN(Cc2ccccc2)[C@@H]2CCCC[C@H]2N1. The topological polar surface area (TPSA) is 30.5 Å². The van der Waals surface area contributed by atoms with E-state index in [1.807, 2.05) is 0 Å². The van der Waals surface area contributed by atoms with Gasteiger partial charge in [0.05, 0.1) is 0 Å². The highest BCUT2D eigenvalue weighted by molar-refractivity contribution is 5.16. The van der Waals surface area contributed by atoms with Crippen molar-refractivity contribution in [1.82, 2.24) is 20.4 Å². The zero-order valence-corrected chi connectivity index (χ0v) is 24.0. The van der Waals surface area contributed by atoms with E-state index >= 15 is 0 Å². The van der Waals surface area contributed by atoms with Crippen LogP contribution < -0.4 is 10.6 Å². The van der Waals surface area contributed by atoms with E-state index in [0.717, 1.165) is 13.1 Å². The van der Waals surface area contributed by atoms with E-state index in [2.05, 4.69) is 94.9 Å². The Morgan fingerprint density at radius 3 is 1.37 bits per heavy atom. The third kappa shape index (κ3) is 7.69. The Kier molecular flexibility index (Phi) is 10.3. The van der Waals surface area contributed by atoms with Gasteiger partial charge in [0.15, 0.2) is 0 Å². The van der Waals surface area contributed by atoms with E-state index in [1.165, 1.54) is 88.4 Å². The molecule has 1 saturated heterocycles. The molecule has 0 spiro atoms. The molecule has 208 valence electrons. The van der Waals surface area contributed by atoms with Crippen molar-refractivity contribution in [3.63, 3.8) is 0 Å². The van der Waals surface area contributed by atoms with Crippen LogP contribution in [0.3, 0.4) is 0 Å². The van der Waals surface area contributed by atoms with Gasteiger partial charge in [-0.1, -0.05) is 86.3 Å². The molecule has 4 heteroatoms.